The normalized spacial score (nSPS) is 25.4. The molecule has 3 heterocycles. The van der Waals surface area contributed by atoms with Gasteiger partial charge in [-0.3, -0.25) is 0 Å². The van der Waals surface area contributed by atoms with Crippen LogP contribution < -0.4 is 4.90 Å². The van der Waals surface area contributed by atoms with Crippen LogP contribution in [0.1, 0.15) is 31.9 Å². The van der Waals surface area contributed by atoms with Crippen LogP contribution in [0.4, 0.5) is 5.82 Å². The van der Waals surface area contributed by atoms with Gasteiger partial charge in [-0.2, -0.15) is 0 Å². The van der Waals surface area contributed by atoms with Gasteiger partial charge in [0.05, 0.1) is 25.5 Å². The summed E-state index contributed by atoms with van der Waals surface area (Å²) in [7, 11) is 0. The van der Waals surface area contributed by atoms with E-state index in [1.807, 2.05) is 0 Å². The van der Waals surface area contributed by atoms with Crippen LogP contribution in [-0.4, -0.2) is 40.9 Å². The Hall–Kier alpha value is -0.720. The highest BCUT2D eigenvalue weighted by atomic mass is 79.9. The van der Waals surface area contributed by atoms with E-state index in [-0.39, 0.29) is 6.61 Å². The molecule has 5 nitrogen and oxygen atoms in total. The molecule has 0 amide bonds. The first-order valence-corrected chi connectivity index (χ1v) is 7.90. The Kier molecular flexibility index (Phi) is 3.97. The number of aliphatic hydroxyl groups excluding tert-OH is 1. The van der Waals surface area contributed by atoms with E-state index in [2.05, 4.69) is 37.7 Å². The number of anilines is 1. The summed E-state index contributed by atoms with van der Waals surface area (Å²) < 4.78 is 6.42. The van der Waals surface area contributed by atoms with Crippen LogP contribution in [0.2, 0.25) is 0 Å². The van der Waals surface area contributed by atoms with Crippen molar-refractivity contribution in [3.05, 3.63) is 16.5 Å². The number of rotatable bonds is 2. The average molecular weight is 342 g/mol. The highest BCUT2D eigenvalue weighted by molar-refractivity contribution is 9.10. The molecule has 2 aliphatic heterocycles. The first-order valence-electron chi connectivity index (χ1n) is 7.11. The second-order valence-electron chi connectivity index (χ2n) is 5.93. The van der Waals surface area contributed by atoms with Gasteiger partial charge < -0.3 is 14.7 Å². The van der Waals surface area contributed by atoms with Crippen LogP contribution in [0.5, 0.6) is 0 Å². The number of halogens is 1. The van der Waals surface area contributed by atoms with Gasteiger partial charge in [-0.25, -0.2) is 9.97 Å². The molecule has 0 radical (unpaired) electrons. The number of aromatic nitrogens is 2. The minimum absolute atomic E-state index is 0.0798. The smallest absolute Gasteiger partial charge is 0.152 e. The number of nitrogens with zero attached hydrogens (tertiary/aromatic N) is 3. The molecule has 3 rings (SSSR count). The van der Waals surface area contributed by atoms with Gasteiger partial charge in [-0.1, -0.05) is 0 Å². The van der Waals surface area contributed by atoms with E-state index in [9.17, 15) is 5.11 Å². The van der Waals surface area contributed by atoms with Crippen LogP contribution >= 0.6 is 15.9 Å². The maximum absolute atomic E-state index is 9.44. The van der Waals surface area contributed by atoms with Gasteiger partial charge in [0.15, 0.2) is 5.82 Å². The van der Waals surface area contributed by atoms with E-state index in [4.69, 9.17) is 4.74 Å². The summed E-state index contributed by atoms with van der Waals surface area (Å²) in [5.41, 5.74) is 1.00. The second-order valence-corrected chi connectivity index (χ2v) is 6.75. The fourth-order valence-electron chi connectivity index (χ4n) is 3.35. The van der Waals surface area contributed by atoms with Gasteiger partial charge in [0.2, 0.25) is 0 Å². The molecule has 20 heavy (non-hydrogen) atoms. The quantitative estimate of drug-likeness (QED) is 0.892. The van der Waals surface area contributed by atoms with Crippen LogP contribution in [0, 0.1) is 5.41 Å². The molecule has 1 aromatic rings. The number of hydrogen-bond donors (Lipinski definition) is 1. The standard InChI is InChI=1S/C14H20BrN3O2/c1-10-6-14(9-20-10)2-4-18(5-3-14)13-11(8-19)17-12(15)7-16-13/h7,10,19H,2-6,8-9H2,1H3/t10-/m0/s1. The third kappa shape index (κ3) is 2.69. The average Bonchev–Trinajstić information content (AvgIpc) is 2.81. The van der Waals surface area contributed by atoms with Crippen molar-refractivity contribution in [3.63, 3.8) is 0 Å². The molecule has 2 aliphatic rings. The fourth-order valence-corrected chi connectivity index (χ4v) is 3.67. The SMILES string of the molecule is C[C@H]1CC2(CCN(c3ncc(Br)nc3CO)CC2)CO1. The zero-order valence-corrected chi connectivity index (χ0v) is 13.3. The van der Waals surface area contributed by atoms with Crippen LogP contribution in [0.25, 0.3) is 0 Å². The van der Waals surface area contributed by atoms with E-state index in [0.717, 1.165) is 38.4 Å². The molecule has 110 valence electrons. The lowest BCUT2D eigenvalue weighted by Crippen LogP contribution is -2.41. The van der Waals surface area contributed by atoms with Crippen molar-refractivity contribution >= 4 is 21.7 Å². The molecule has 0 saturated carbocycles. The summed E-state index contributed by atoms with van der Waals surface area (Å²) in [6.07, 6.45) is 5.50. The van der Waals surface area contributed by atoms with Crippen molar-refractivity contribution in [1.29, 1.82) is 0 Å². The Bertz CT molecular complexity index is 489. The summed E-state index contributed by atoms with van der Waals surface area (Å²) >= 11 is 3.30. The van der Waals surface area contributed by atoms with E-state index >= 15 is 0 Å². The first-order chi connectivity index (χ1) is 9.62. The molecule has 1 spiro atoms. The van der Waals surface area contributed by atoms with Crippen molar-refractivity contribution in [2.75, 3.05) is 24.6 Å². The minimum atomic E-state index is -0.0798. The summed E-state index contributed by atoms with van der Waals surface area (Å²) in [6.45, 7) is 4.88. The number of aliphatic hydroxyl groups is 1. The van der Waals surface area contributed by atoms with E-state index in [0.29, 0.717) is 21.8 Å². The minimum Gasteiger partial charge on any atom is -0.390 e. The zero-order chi connectivity index (χ0) is 14.2. The van der Waals surface area contributed by atoms with Crippen molar-refractivity contribution in [2.24, 2.45) is 5.41 Å². The summed E-state index contributed by atoms with van der Waals surface area (Å²) in [4.78, 5) is 11.0. The Morgan fingerprint density at radius 3 is 2.85 bits per heavy atom. The monoisotopic (exact) mass is 341 g/mol. The van der Waals surface area contributed by atoms with Gasteiger partial charge in [-0.05, 0) is 47.5 Å². The van der Waals surface area contributed by atoms with E-state index in [1.165, 1.54) is 6.42 Å². The predicted octanol–water partition coefficient (Wildman–Crippen LogP) is 2.13. The molecule has 2 saturated heterocycles. The number of hydrogen-bond acceptors (Lipinski definition) is 5. The van der Waals surface area contributed by atoms with Crippen LogP contribution in [0.3, 0.4) is 0 Å². The Morgan fingerprint density at radius 2 is 2.25 bits per heavy atom. The van der Waals surface area contributed by atoms with Crippen LogP contribution in [0.15, 0.2) is 10.8 Å². The number of ether oxygens (including phenoxy) is 1. The van der Waals surface area contributed by atoms with Gasteiger partial charge in [0, 0.05) is 13.1 Å². The lowest BCUT2D eigenvalue weighted by Gasteiger charge is -2.39. The summed E-state index contributed by atoms with van der Waals surface area (Å²) in [5, 5.41) is 9.44. The molecule has 0 aromatic carbocycles. The molecule has 1 N–H and O–H groups in total. The fraction of sp³-hybridized carbons (Fsp3) is 0.714. The third-order valence-corrected chi connectivity index (χ3v) is 4.84. The van der Waals surface area contributed by atoms with Crippen molar-refractivity contribution in [1.82, 2.24) is 9.97 Å². The lowest BCUT2D eigenvalue weighted by molar-refractivity contribution is 0.0975. The maximum atomic E-state index is 9.44. The molecule has 6 heteroatoms. The molecule has 0 bridgehead atoms. The van der Waals surface area contributed by atoms with Gasteiger partial charge in [0.1, 0.15) is 10.3 Å². The Balaban J connectivity index is 1.72. The zero-order valence-electron chi connectivity index (χ0n) is 11.7. The molecule has 1 aromatic heterocycles. The van der Waals surface area contributed by atoms with Gasteiger partial charge >= 0.3 is 0 Å². The third-order valence-electron chi connectivity index (χ3n) is 4.46. The van der Waals surface area contributed by atoms with Gasteiger partial charge in [-0.15, -0.1) is 0 Å². The number of piperidine rings is 1. The molecule has 1 atom stereocenters. The van der Waals surface area contributed by atoms with Crippen LogP contribution in [-0.2, 0) is 11.3 Å². The van der Waals surface area contributed by atoms with Gasteiger partial charge in [0.25, 0.3) is 0 Å². The molecule has 2 fully saturated rings. The topological polar surface area (TPSA) is 58.5 Å². The first kappa shape index (κ1) is 14.2. The molecular formula is C14H20BrN3O2. The largest absolute Gasteiger partial charge is 0.390 e. The van der Waals surface area contributed by atoms with Crippen molar-refractivity contribution in [3.8, 4) is 0 Å². The Labute approximate surface area is 127 Å². The summed E-state index contributed by atoms with van der Waals surface area (Å²) in [6, 6.07) is 0. The maximum Gasteiger partial charge on any atom is 0.152 e. The lowest BCUT2D eigenvalue weighted by atomic mass is 9.77. The molecule has 0 unspecified atom stereocenters. The predicted molar refractivity (Wildman–Crippen MR) is 79.6 cm³/mol. The second kappa shape index (κ2) is 5.58. The summed E-state index contributed by atoms with van der Waals surface area (Å²) in [5.74, 6) is 0.817. The Morgan fingerprint density at radius 1 is 1.50 bits per heavy atom. The van der Waals surface area contributed by atoms with Crippen molar-refractivity contribution in [2.45, 2.75) is 38.9 Å². The van der Waals surface area contributed by atoms with E-state index in [1.54, 1.807) is 6.20 Å². The molecular weight excluding hydrogens is 322 g/mol. The molecule has 0 aliphatic carbocycles. The highest BCUT2D eigenvalue weighted by Gasteiger charge is 2.41. The highest BCUT2D eigenvalue weighted by Crippen LogP contribution is 2.42. The van der Waals surface area contributed by atoms with E-state index < -0.39 is 0 Å². The van der Waals surface area contributed by atoms with Crippen molar-refractivity contribution < 1.29 is 9.84 Å².